The number of anilines is 1. The third kappa shape index (κ3) is 5.83. The van der Waals surface area contributed by atoms with Crippen LogP contribution in [0.25, 0.3) is 0 Å². The molecule has 1 heterocycles. The summed E-state index contributed by atoms with van der Waals surface area (Å²) in [5.74, 6) is -0.241. The Bertz CT molecular complexity index is 832. The van der Waals surface area contributed by atoms with Crippen LogP contribution >= 0.6 is 0 Å². The van der Waals surface area contributed by atoms with Crippen LogP contribution in [0.1, 0.15) is 55.3 Å². The first-order valence-electron chi connectivity index (χ1n) is 10.5. The van der Waals surface area contributed by atoms with E-state index >= 15 is 0 Å². The molecule has 1 aliphatic rings. The predicted molar refractivity (Wildman–Crippen MR) is 115 cm³/mol. The molecule has 5 nitrogen and oxygen atoms in total. The number of rotatable bonds is 5. The van der Waals surface area contributed by atoms with E-state index in [9.17, 15) is 9.59 Å². The van der Waals surface area contributed by atoms with Gasteiger partial charge in [0, 0.05) is 12.2 Å². The van der Waals surface area contributed by atoms with Crippen LogP contribution in [0.3, 0.4) is 0 Å². The van der Waals surface area contributed by atoms with Crippen LogP contribution < -0.4 is 5.32 Å². The fourth-order valence-corrected chi connectivity index (χ4v) is 3.86. The zero-order valence-corrected chi connectivity index (χ0v) is 17.3. The van der Waals surface area contributed by atoms with Crippen molar-refractivity contribution in [1.29, 1.82) is 0 Å². The van der Waals surface area contributed by atoms with E-state index in [-0.39, 0.29) is 24.5 Å². The van der Waals surface area contributed by atoms with Gasteiger partial charge in [0.1, 0.15) is 0 Å². The molecular weight excluding hydrogens is 364 g/mol. The second kappa shape index (κ2) is 10.1. The Morgan fingerprint density at radius 2 is 1.90 bits per heavy atom. The molecule has 0 aliphatic carbocycles. The minimum atomic E-state index is -0.241. The average Bonchev–Trinajstić information content (AvgIpc) is 2.96. The lowest BCUT2D eigenvalue weighted by Crippen LogP contribution is -2.38. The van der Waals surface area contributed by atoms with E-state index in [2.05, 4.69) is 36.5 Å². The van der Waals surface area contributed by atoms with Crippen LogP contribution in [0, 0.1) is 6.92 Å². The van der Waals surface area contributed by atoms with Crippen LogP contribution in [-0.4, -0.2) is 30.1 Å². The third-order valence-electron chi connectivity index (χ3n) is 5.30. The molecule has 1 fully saturated rings. The molecule has 1 saturated heterocycles. The first-order chi connectivity index (χ1) is 14.1. The monoisotopic (exact) mass is 394 g/mol. The summed E-state index contributed by atoms with van der Waals surface area (Å²) in [5.41, 5.74) is 4.01. The van der Waals surface area contributed by atoms with Crippen LogP contribution in [0.2, 0.25) is 0 Å². The molecule has 0 bridgehead atoms. The number of nitrogens with one attached hydrogen (secondary N) is 1. The van der Waals surface area contributed by atoms with E-state index in [4.69, 9.17) is 4.74 Å². The Kier molecular flexibility index (Phi) is 7.28. The van der Waals surface area contributed by atoms with E-state index in [1.165, 1.54) is 11.1 Å². The molecule has 1 N–H and O–H groups in total. The smallest absolute Gasteiger partial charge is 0.322 e. The minimum absolute atomic E-state index is 0.0726. The van der Waals surface area contributed by atoms with E-state index in [1.807, 2.05) is 29.2 Å². The number of benzene rings is 2. The first kappa shape index (κ1) is 20.9. The Balaban J connectivity index is 1.69. The van der Waals surface area contributed by atoms with Gasteiger partial charge in [0.25, 0.3) is 0 Å². The van der Waals surface area contributed by atoms with Gasteiger partial charge in [0.05, 0.1) is 19.1 Å². The first-order valence-corrected chi connectivity index (χ1v) is 10.5. The molecule has 1 aliphatic heterocycles. The SMILES string of the molecule is CCOC(=O)Cc1ccc(NC(=O)N2CCCCCC2c2cccc(C)c2)cc1. The van der Waals surface area contributed by atoms with Crippen LogP contribution in [-0.2, 0) is 16.0 Å². The van der Waals surface area contributed by atoms with Gasteiger partial charge in [-0.25, -0.2) is 4.79 Å². The van der Waals surface area contributed by atoms with Gasteiger partial charge in [0.2, 0.25) is 0 Å². The topological polar surface area (TPSA) is 58.6 Å². The maximum absolute atomic E-state index is 13.1. The highest BCUT2D eigenvalue weighted by molar-refractivity contribution is 5.89. The summed E-state index contributed by atoms with van der Waals surface area (Å²) in [6.45, 7) is 5.02. The second-order valence-corrected chi connectivity index (χ2v) is 7.58. The van der Waals surface area contributed by atoms with Crippen molar-refractivity contribution in [2.24, 2.45) is 0 Å². The van der Waals surface area contributed by atoms with Crippen molar-refractivity contribution < 1.29 is 14.3 Å². The van der Waals surface area contributed by atoms with Crippen molar-refractivity contribution in [3.05, 3.63) is 65.2 Å². The van der Waals surface area contributed by atoms with Gasteiger partial charge in [-0.05, 0) is 49.9 Å². The number of esters is 1. The normalized spacial score (nSPS) is 16.8. The van der Waals surface area contributed by atoms with Gasteiger partial charge in [0.15, 0.2) is 0 Å². The second-order valence-electron chi connectivity index (χ2n) is 7.58. The zero-order chi connectivity index (χ0) is 20.6. The van der Waals surface area contributed by atoms with Gasteiger partial charge < -0.3 is 15.0 Å². The molecule has 154 valence electrons. The Morgan fingerprint density at radius 3 is 2.62 bits per heavy atom. The third-order valence-corrected chi connectivity index (χ3v) is 5.30. The van der Waals surface area contributed by atoms with Gasteiger partial charge in [-0.1, -0.05) is 54.8 Å². The van der Waals surface area contributed by atoms with Gasteiger partial charge >= 0.3 is 12.0 Å². The number of hydrogen-bond acceptors (Lipinski definition) is 3. The minimum Gasteiger partial charge on any atom is -0.466 e. The molecule has 2 aromatic rings. The van der Waals surface area contributed by atoms with Gasteiger partial charge in [-0.3, -0.25) is 4.79 Å². The molecule has 1 unspecified atom stereocenters. The number of urea groups is 1. The molecule has 1 atom stereocenters. The molecule has 0 saturated carbocycles. The van der Waals surface area contributed by atoms with E-state index in [0.717, 1.165) is 43.5 Å². The molecule has 0 radical (unpaired) electrons. The van der Waals surface area contributed by atoms with Crippen molar-refractivity contribution >= 4 is 17.7 Å². The summed E-state index contributed by atoms with van der Waals surface area (Å²) in [6.07, 6.45) is 4.52. The summed E-state index contributed by atoms with van der Waals surface area (Å²) in [6, 6.07) is 15.9. The fraction of sp³-hybridized carbons (Fsp3) is 0.417. The highest BCUT2D eigenvalue weighted by Gasteiger charge is 2.27. The predicted octanol–water partition coefficient (Wildman–Crippen LogP) is 5.25. The summed E-state index contributed by atoms with van der Waals surface area (Å²) >= 11 is 0. The summed E-state index contributed by atoms with van der Waals surface area (Å²) in [5, 5.41) is 3.03. The van der Waals surface area contributed by atoms with E-state index in [0.29, 0.717) is 6.61 Å². The number of ether oxygens (including phenoxy) is 1. The number of aryl methyl sites for hydroxylation is 1. The highest BCUT2D eigenvalue weighted by atomic mass is 16.5. The Hall–Kier alpha value is -2.82. The molecule has 0 spiro atoms. The fourth-order valence-electron chi connectivity index (χ4n) is 3.86. The van der Waals surface area contributed by atoms with E-state index < -0.39 is 0 Å². The number of amides is 2. The van der Waals surface area contributed by atoms with Crippen LogP contribution in [0.5, 0.6) is 0 Å². The molecule has 3 rings (SSSR count). The molecule has 5 heteroatoms. The lowest BCUT2D eigenvalue weighted by molar-refractivity contribution is -0.142. The summed E-state index contributed by atoms with van der Waals surface area (Å²) in [4.78, 5) is 26.7. The maximum atomic E-state index is 13.1. The Morgan fingerprint density at radius 1 is 1.10 bits per heavy atom. The number of carbonyl (C=O) groups excluding carboxylic acids is 2. The van der Waals surface area contributed by atoms with E-state index in [1.54, 1.807) is 6.92 Å². The number of likely N-dealkylation sites (tertiary alicyclic amines) is 1. The number of carbonyl (C=O) groups is 2. The van der Waals surface area contributed by atoms with Crippen LogP contribution in [0.4, 0.5) is 10.5 Å². The molecule has 2 aromatic carbocycles. The quantitative estimate of drug-likeness (QED) is 0.705. The lowest BCUT2D eigenvalue weighted by atomic mass is 9.99. The standard InChI is InChI=1S/C24H30N2O3/c1-3-29-23(27)17-19-11-13-21(14-12-19)25-24(28)26-15-6-4-5-10-22(26)20-9-7-8-18(2)16-20/h7-9,11-14,16,22H,3-6,10,15,17H2,1-2H3,(H,25,28). The summed E-state index contributed by atoms with van der Waals surface area (Å²) < 4.78 is 4.98. The summed E-state index contributed by atoms with van der Waals surface area (Å²) in [7, 11) is 0. The largest absolute Gasteiger partial charge is 0.466 e. The Labute approximate surface area is 173 Å². The molecule has 29 heavy (non-hydrogen) atoms. The van der Waals surface area contributed by atoms with Gasteiger partial charge in [-0.15, -0.1) is 0 Å². The maximum Gasteiger partial charge on any atom is 0.322 e. The zero-order valence-electron chi connectivity index (χ0n) is 17.3. The average molecular weight is 395 g/mol. The van der Waals surface area contributed by atoms with Crippen molar-refractivity contribution in [3.8, 4) is 0 Å². The number of hydrogen-bond donors (Lipinski definition) is 1. The molecular formula is C24H30N2O3. The molecule has 2 amide bonds. The lowest BCUT2D eigenvalue weighted by Gasteiger charge is -2.31. The highest BCUT2D eigenvalue weighted by Crippen LogP contribution is 2.31. The van der Waals surface area contributed by atoms with Crippen molar-refractivity contribution in [2.75, 3.05) is 18.5 Å². The van der Waals surface area contributed by atoms with Crippen LogP contribution in [0.15, 0.2) is 48.5 Å². The van der Waals surface area contributed by atoms with Crippen molar-refractivity contribution in [3.63, 3.8) is 0 Å². The van der Waals surface area contributed by atoms with Gasteiger partial charge in [-0.2, -0.15) is 0 Å². The van der Waals surface area contributed by atoms with Crippen molar-refractivity contribution in [1.82, 2.24) is 4.90 Å². The van der Waals surface area contributed by atoms with Crippen molar-refractivity contribution in [2.45, 2.75) is 52.0 Å². The molecule has 0 aromatic heterocycles. The number of nitrogens with zero attached hydrogens (tertiary/aromatic N) is 1.